The van der Waals surface area contributed by atoms with Gasteiger partial charge in [0.1, 0.15) is 5.75 Å². The molecule has 1 aromatic carbocycles. The number of carbonyl (C=O) groups is 1. The molecule has 0 radical (unpaired) electrons. The lowest BCUT2D eigenvalue weighted by molar-refractivity contribution is 0.103. The highest BCUT2D eigenvalue weighted by Gasteiger charge is 2.22. The van der Waals surface area contributed by atoms with Crippen molar-refractivity contribution in [3.63, 3.8) is 0 Å². The van der Waals surface area contributed by atoms with Gasteiger partial charge in [0.05, 0.1) is 16.2 Å². The van der Waals surface area contributed by atoms with Crippen molar-refractivity contribution in [2.75, 3.05) is 0 Å². The van der Waals surface area contributed by atoms with Crippen molar-refractivity contribution >= 4 is 22.9 Å². The molecule has 0 bridgehead atoms. The number of halogens is 1. The summed E-state index contributed by atoms with van der Waals surface area (Å²) in [6.45, 7) is 2.06. The molecule has 0 aliphatic heterocycles. The summed E-state index contributed by atoms with van der Waals surface area (Å²) in [5.74, 6) is 0.0555. The van der Waals surface area contributed by atoms with E-state index in [0.717, 1.165) is 23.9 Å². The van der Waals surface area contributed by atoms with E-state index in [0.29, 0.717) is 16.3 Å². The number of pyridine rings is 1. The Bertz CT molecular complexity index is 834. The van der Waals surface area contributed by atoms with E-state index < -0.39 is 0 Å². The molecule has 22 heavy (non-hydrogen) atoms. The van der Waals surface area contributed by atoms with Crippen molar-refractivity contribution in [2.24, 2.45) is 0 Å². The lowest BCUT2D eigenvalue weighted by atomic mass is 10.0. The van der Waals surface area contributed by atoms with Gasteiger partial charge in [-0.1, -0.05) is 31.0 Å². The third-order valence-corrected chi connectivity index (χ3v) is 4.14. The van der Waals surface area contributed by atoms with Crippen molar-refractivity contribution < 1.29 is 9.90 Å². The summed E-state index contributed by atoms with van der Waals surface area (Å²) in [7, 11) is 0. The number of fused-ring (bicyclic) bond motifs is 1. The molecule has 0 aliphatic rings. The number of phenols is 1. The summed E-state index contributed by atoms with van der Waals surface area (Å²) < 4.78 is 1.85. The topological polar surface area (TPSA) is 41.7 Å². The number of nitrogens with zero attached hydrogens (tertiary/aromatic N) is 1. The maximum Gasteiger partial charge on any atom is 0.210 e. The fourth-order valence-corrected chi connectivity index (χ4v) is 3.03. The van der Waals surface area contributed by atoms with E-state index in [1.165, 1.54) is 12.1 Å². The van der Waals surface area contributed by atoms with E-state index in [1.54, 1.807) is 12.1 Å². The van der Waals surface area contributed by atoms with Gasteiger partial charge in [0.2, 0.25) is 5.78 Å². The number of benzene rings is 1. The molecule has 0 aliphatic carbocycles. The van der Waals surface area contributed by atoms with Crippen molar-refractivity contribution in [3.8, 4) is 5.75 Å². The number of aromatic hydroxyl groups is 1. The average molecular weight is 314 g/mol. The lowest BCUT2D eigenvalue weighted by Crippen LogP contribution is -2.08. The van der Waals surface area contributed by atoms with Crippen LogP contribution < -0.4 is 0 Å². The predicted octanol–water partition coefficient (Wildman–Crippen LogP) is 4.48. The zero-order valence-electron chi connectivity index (χ0n) is 12.2. The first-order valence-corrected chi connectivity index (χ1v) is 7.62. The van der Waals surface area contributed by atoms with Gasteiger partial charge >= 0.3 is 0 Å². The molecule has 4 heteroatoms. The van der Waals surface area contributed by atoms with Gasteiger partial charge in [-0.15, -0.1) is 0 Å². The molecule has 3 nitrogen and oxygen atoms in total. The summed E-state index contributed by atoms with van der Waals surface area (Å²) in [6.07, 6.45) is 3.51. The van der Waals surface area contributed by atoms with Crippen molar-refractivity contribution in [3.05, 3.63) is 70.5 Å². The molecule has 0 spiro atoms. The third-order valence-electron chi connectivity index (χ3n) is 3.72. The van der Waals surface area contributed by atoms with Gasteiger partial charge in [-0.2, -0.15) is 0 Å². The largest absolute Gasteiger partial charge is 0.508 e. The van der Waals surface area contributed by atoms with E-state index in [2.05, 4.69) is 6.92 Å². The number of rotatable bonds is 4. The van der Waals surface area contributed by atoms with E-state index in [-0.39, 0.29) is 11.5 Å². The van der Waals surface area contributed by atoms with Crippen LogP contribution in [0.15, 0.2) is 48.7 Å². The first-order valence-electron chi connectivity index (χ1n) is 7.24. The van der Waals surface area contributed by atoms with Gasteiger partial charge in [0.15, 0.2) is 0 Å². The Morgan fingerprint density at radius 3 is 2.59 bits per heavy atom. The van der Waals surface area contributed by atoms with Gasteiger partial charge < -0.3 is 9.51 Å². The van der Waals surface area contributed by atoms with Crippen LogP contribution in [0.25, 0.3) is 5.52 Å². The summed E-state index contributed by atoms with van der Waals surface area (Å²) in [4.78, 5) is 12.9. The number of hydrogen-bond acceptors (Lipinski definition) is 2. The Balaban J connectivity index is 2.22. The van der Waals surface area contributed by atoms with Crippen molar-refractivity contribution in [1.29, 1.82) is 0 Å². The Labute approximate surface area is 133 Å². The first-order chi connectivity index (χ1) is 10.6. The second-order valence-electron chi connectivity index (χ2n) is 5.22. The van der Waals surface area contributed by atoms with Crippen molar-refractivity contribution in [2.45, 2.75) is 19.8 Å². The number of ketones is 1. The molecule has 3 aromatic rings. The molecule has 0 saturated carbocycles. The van der Waals surface area contributed by atoms with E-state index in [9.17, 15) is 9.90 Å². The zero-order chi connectivity index (χ0) is 15.7. The molecular weight excluding hydrogens is 298 g/mol. The molecule has 0 amide bonds. The van der Waals surface area contributed by atoms with Crippen LogP contribution in [0.2, 0.25) is 5.02 Å². The molecule has 112 valence electrons. The number of carbonyl (C=O) groups excluding carboxylic acids is 1. The fraction of sp³-hybridized carbons (Fsp3) is 0.167. The smallest absolute Gasteiger partial charge is 0.210 e. The second kappa shape index (κ2) is 5.85. The Hall–Kier alpha value is -2.26. The third kappa shape index (κ3) is 2.38. The molecule has 0 unspecified atom stereocenters. The zero-order valence-corrected chi connectivity index (χ0v) is 13.0. The van der Waals surface area contributed by atoms with E-state index in [1.807, 2.05) is 28.8 Å². The van der Waals surface area contributed by atoms with Crippen LogP contribution in [0.1, 0.15) is 35.0 Å². The Morgan fingerprint density at radius 1 is 1.18 bits per heavy atom. The van der Waals surface area contributed by atoms with Gasteiger partial charge in [0.25, 0.3) is 0 Å². The average Bonchev–Trinajstić information content (AvgIpc) is 2.81. The van der Waals surface area contributed by atoms with Gasteiger partial charge in [-0.05, 0) is 42.8 Å². The van der Waals surface area contributed by atoms with Crippen LogP contribution in [0.4, 0.5) is 0 Å². The standard InChI is InChI=1S/C18H16ClNO2/c1-2-5-14-16(19)15-6-3-4-11-20(15)17(14)18(22)12-7-9-13(21)10-8-12/h3-4,6-11,21H,2,5H2,1H3. The van der Waals surface area contributed by atoms with Crippen LogP contribution >= 0.6 is 11.6 Å². The van der Waals surface area contributed by atoms with Crippen LogP contribution in [-0.4, -0.2) is 15.3 Å². The minimum Gasteiger partial charge on any atom is -0.508 e. The van der Waals surface area contributed by atoms with Crippen LogP contribution in [-0.2, 0) is 6.42 Å². The van der Waals surface area contributed by atoms with Crippen LogP contribution in [0, 0.1) is 0 Å². The summed E-state index contributed by atoms with van der Waals surface area (Å²) in [5, 5.41) is 10.0. The fourth-order valence-electron chi connectivity index (χ4n) is 2.70. The highest BCUT2D eigenvalue weighted by Crippen LogP contribution is 2.31. The summed E-state index contributed by atoms with van der Waals surface area (Å²) >= 11 is 6.48. The molecule has 1 N–H and O–H groups in total. The van der Waals surface area contributed by atoms with E-state index >= 15 is 0 Å². The second-order valence-corrected chi connectivity index (χ2v) is 5.60. The molecule has 3 rings (SSSR count). The highest BCUT2D eigenvalue weighted by molar-refractivity contribution is 6.35. The molecule has 0 fully saturated rings. The summed E-state index contributed by atoms with van der Waals surface area (Å²) in [5.41, 5.74) is 2.87. The monoisotopic (exact) mass is 313 g/mol. The number of phenolic OH excluding ortho intramolecular Hbond substituents is 1. The molecule has 0 atom stereocenters. The van der Waals surface area contributed by atoms with Gasteiger partial charge in [0, 0.05) is 17.3 Å². The molecular formula is C18H16ClNO2. The minimum atomic E-state index is -0.0865. The maximum absolute atomic E-state index is 12.9. The quantitative estimate of drug-likeness (QED) is 0.721. The maximum atomic E-state index is 12.9. The normalized spacial score (nSPS) is 11.0. The Morgan fingerprint density at radius 2 is 1.91 bits per heavy atom. The van der Waals surface area contributed by atoms with E-state index in [4.69, 9.17) is 11.6 Å². The molecule has 0 saturated heterocycles. The van der Waals surface area contributed by atoms with Crippen molar-refractivity contribution in [1.82, 2.24) is 4.40 Å². The number of aromatic nitrogens is 1. The SMILES string of the molecule is CCCc1c(Cl)c2ccccn2c1C(=O)c1ccc(O)cc1. The molecule has 2 aromatic heterocycles. The highest BCUT2D eigenvalue weighted by atomic mass is 35.5. The van der Waals surface area contributed by atoms with Crippen LogP contribution in [0.5, 0.6) is 5.75 Å². The lowest BCUT2D eigenvalue weighted by Gasteiger charge is -2.06. The van der Waals surface area contributed by atoms with Gasteiger partial charge in [-0.3, -0.25) is 4.79 Å². The Kier molecular flexibility index (Phi) is 3.90. The van der Waals surface area contributed by atoms with Gasteiger partial charge in [-0.25, -0.2) is 0 Å². The minimum absolute atomic E-state index is 0.0865. The number of hydrogen-bond donors (Lipinski definition) is 1. The van der Waals surface area contributed by atoms with Crippen LogP contribution in [0.3, 0.4) is 0 Å². The summed E-state index contributed by atoms with van der Waals surface area (Å²) in [6, 6.07) is 12.0. The molecule has 2 heterocycles. The predicted molar refractivity (Wildman–Crippen MR) is 87.9 cm³/mol. The first kappa shape index (κ1) is 14.7.